The second-order valence-electron chi connectivity index (χ2n) is 4.80. The summed E-state index contributed by atoms with van der Waals surface area (Å²) >= 11 is 0. The van der Waals surface area contributed by atoms with E-state index in [0.717, 1.165) is 23.7 Å². The molecule has 66 valence electrons. The normalized spacial score (nSPS) is 39.5. The van der Waals surface area contributed by atoms with Crippen LogP contribution < -0.4 is 0 Å². The number of hydrogen-bond acceptors (Lipinski definition) is 0. The van der Waals surface area contributed by atoms with Crippen LogP contribution in [0.1, 0.15) is 47.0 Å². The van der Waals surface area contributed by atoms with Crippen LogP contribution in [-0.2, 0) is 0 Å². The van der Waals surface area contributed by atoms with Crippen LogP contribution in [0.3, 0.4) is 0 Å². The van der Waals surface area contributed by atoms with Crippen LogP contribution in [-0.4, -0.2) is 0 Å². The summed E-state index contributed by atoms with van der Waals surface area (Å²) in [6.07, 6.45) is 4.40. The molecule has 0 N–H and O–H groups in total. The van der Waals surface area contributed by atoms with Gasteiger partial charge >= 0.3 is 0 Å². The van der Waals surface area contributed by atoms with Crippen molar-refractivity contribution in [2.24, 2.45) is 23.7 Å². The maximum absolute atomic E-state index is 2.43. The van der Waals surface area contributed by atoms with Crippen molar-refractivity contribution in [1.29, 1.82) is 0 Å². The summed E-state index contributed by atoms with van der Waals surface area (Å²) in [5, 5.41) is 0. The van der Waals surface area contributed by atoms with Crippen LogP contribution in [0.25, 0.3) is 0 Å². The van der Waals surface area contributed by atoms with Crippen LogP contribution in [0.2, 0.25) is 0 Å². The van der Waals surface area contributed by atoms with E-state index in [4.69, 9.17) is 0 Å². The molecule has 0 saturated heterocycles. The first-order valence-corrected chi connectivity index (χ1v) is 5.11. The third-order valence-electron chi connectivity index (χ3n) is 3.35. The SMILES string of the molecule is CC1CC[C@H](C(C)C)[C@@H](C)C1. The fraction of sp³-hybridized carbons (Fsp3) is 1.00. The zero-order valence-corrected chi connectivity index (χ0v) is 8.43. The zero-order valence-electron chi connectivity index (χ0n) is 8.43. The Kier molecular flexibility index (Phi) is 2.98. The fourth-order valence-corrected chi connectivity index (χ4v) is 2.68. The Morgan fingerprint density at radius 3 is 2.18 bits per heavy atom. The Labute approximate surface area is 71.4 Å². The highest BCUT2D eigenvalue weighted by molar-refractivity contribution is 4.77. The molecule has 0 radical (unpaired) electrons. The average Bonchev–Trinajstić information content (AvgIpc) is 1.85. The van der Waals surface area contributed by atoms with Crippen molar-refractivity contribution in [3.05, 3.63) is 0 Å². The maximum atomic E-state index is 2.43. The Bertz CT molecular complexity index is 115. The summed E-state index contributed by atoms with van der Waals surface area (Å²) in [6, 6.07) is 0. The molecule has 0 nitrogen and oxygen atoms in total. The molecule has 1 unspecified atom stereocenters. The van der Waals surface area contributed by atoms with Gasteiger partial charge in [-0.2, -0.15) is 0 Å². The van der Waals surface area contributed by atoms with Crippen molar-refractivity contribution in [1.82, 2.24) is 0 Å². The van der Waals surface area contributed by atoms with E-state index in [9.17, 15) is 0 Å². The molecule has 0 aromatic carbocycles. The van der Waals surface area contributed by atoms with E-state index in [1.165, 1.54) is 19.3 Å². The topological polar surface area (TPSA) is 0 Å². The molecular weight excluding hydrogens is 132 g/mol. The minimum Gasteiger partial charge on any atom is -0.0625 e. The zero-order chi connectivity index (χ0) is 8.43. The molecule has 11 heavy (non-hydrogen) atoms. The van der Waals surface area contributed by atoms with Gasteiger partial charge < -0.3 is 0 Å². The van der Waals surface area contributed by atoms with E-state index in [1.807, 2.05) is 0 Å². The highest BCUT2D eigenvalue weighted by Gasteiger charge is 2.26. The van der Waals surface area contributed by atoms with Crippen molar-refractivity contribution in [3.8, 4) is 0 Å². The van der Waals surface area contributed by atoms with Gasteiger partial charge in [-0.25, -0.2) is 0 Å². The van der Waals surface area contributed by atoms with Gasteiger partial charge in [-0.05, 0) is 36.5 Å². The molecule has 1 rings (SSSR count). The van der Waals surface area contributed by atoms with Gasteiger partial charge in [0.05, 0.1) is 0 Å². The minimum absolute atomic E-state index is 0.900. The van der Waals surface area contributed by atoms with E-state index in [1.54, 1.807) is 0 Å². The lowest BCUT2D eigenvalue weighted by atomic mass is 9.71. The Morgan fingerprint density at radius 2 is 1.73 bits per heavy atom. The van der Waals surface area contributed by atoms with Crippen LogP contribution >= 0.6 is 0 Å². The number of hydrogen-bond donors (Lipinski definition) is 0. The molecule has 0 spiro atoms. The van der Waals surface area contributed by atoms with E-state index in [0.29, 0.717) is 0 Å². The van der Waals surface area contributed by atoms with Crippen LogP contribution in [0.15, 0.2) is 0 Å². The smallest absolute Gasteiger partial charge is 0.0365 e. The predicted molar refractivity (Wildman–Crippen MR) is 50.5 cm³/mol. The van der Waals surface area contributed by atoms with Crippen molar-refractivity contribution >= 4 is 0 Å². The molecule has 1 aliphatic rings. The Morgan fingerprint density at radius 1 is 1.09 bits per heavy atom. The monoisotopic (exact) mass is 154 g/mol. The second kappa shape index (κ2) is 3.60. The lowest BCUT2D eigenvalue weighted by Crippen LogP contribution is -2.25. The van der Waals surface area contributed by atoms with Crippen molar-refractivity contribution < 1.29 is 0 Å². The molecule has 0 heterocycles. The quantitative estimate of drug-likeness (QED) is 0.540. The van der Waals surface area contributed by atoms with Crippen LogP contribution in [0.5, 0.6) is 0 Å². The van der Waals surface area contributed by atoms with E-state index < -0.39 is 0 Å². The van der Waals surface area contributed by atoms with Crippen molar-refractivity contribution in [3.63, 3.8) is 0 Å². The molecule has 0 aromatic rings. The molecule has 0 amide bonds. The van der Waals surface area contributed by atoms with E-state index >= 15 is 0 Å². The highest BCUT2D eigenvalue weighted by Crippen LogP contribution is 2.37. The Hall–Kier alpha value is 0. The molecule has 1 aliphatic carbocycles. The standard InChI is InChI=1S/C11H22/c1-8(2)11-6-5-9(3)7-10(11)4/h8-11H,5-7H2,1-4H3/t9?,10-,11+/m0/s1. The van der Waals surface area contributed by atoms with Crippen LogP contribution in [0, 0.1) is 23.7 Å². The lowest BCUT2D eigenvalue weighted by molar-refractivity contribution is 0.158. The Balaban J connectivity index is 2.44. The van der Waals surface area contributed by atoms with Gasteiger partial charge in [0.2, 0.25) is 0 Å². The molecular formula is C11H22. The fourth-order valence-electron chi connectivity index (χ4n) is 2.68. The van der Waals surface area contributed by atoms with Gasteiger partial charge in [-0.15, -0.1) is 0 Å². The first-order valence-electron chi connectivity index (χ1n) is 5.11. The largest absolute Gasteiger partial charge is 0.0625 e. The third-order valence-corrected chi connectivity index (χ3v) is 3.35. The maximum Gasteiger partial charge on any atom is -0.0365 e. The summed E-state index contributed by atoms with van der Waals surface area (Å²) in [4.78, 5) is 0. The summed E-state index contributed by atoms with van der Waals surface area (Å²) < 4.78 is 0. The summed E-state index contributed by atoms with van der Waals surface area (Å²) in [5.41, 5.74) is 0. The van der Waals surface area contributed by atoms with Gasteiger partial charge in [0.1, 0.15) is 0 Å². The van der Waals surface area contributed by atoms with Gasteiger partial charge in [0, 0.05) is 0 Å². The number of rotatable bonds is 1. The molecule has 0 heteroatoms. The molecule has 1 saturated carbocycles. The highest BCUT2D eigenvalue weighted by atomic mass is 14.3. The van der Waals surface area contributed by atoms with Crippen LogP contribution in [0.4, 0.5) is 0 Å². The minimum atomic E-state index is 0.900. The van der Waals surface area contributed by atoms with Gasteiger partial charge in [0.15, 0.2) is 0 Å². The summed E-state index contributed by atoms with van der Waals surface area (Å²) in [6.45, 7) is 9.57. The second-order valence-corrected chi connectivity index (χ2v) is 4.80. The lowest BCUT2D eigenvalue weighted by Gasteiger charge is -2.35. The van der Waals surface area contributed by atoms with Gasteiger partial charge in [-0.1, -0.05) is 34.1 Å². The van der Waals surface area contributed by atoms with E-state index in [-0.39, 0.29) is 0 Å². The molecule has 3 atom stereocenters. The molecule has 0 aromatic heterocycles. The summed E-state index contributed by atoms with van der Waals surface area (Å²) in [5.74, 6) is 3.86. The van der Waals surface area contributed by atoms with E-state index in [2.05, 4.69) is 27.7 Å². The van der Waals surface area contributed by atoms with Crippen molar-refractivity contribution in [2.45, 2.75) is 47.0 Å². The van der Waals surface area contributed by atoms with Gasteiger partial charge in [-0.3, -0.25) is 0 Å². The predicted octanol–water partition coefficient (Wildman–Crippen LogP) is 3.71. The molecule has 1 fully saturated rings. The first kappa shape index (κ1) is 9.09. The van der Waals surface area contributed by atoms with Gasteiger partial charge in [0.25, 0.3) is 0 Å². The summed E-state index contributed by atoms with van der Waals surface area (Å²) in [7, 11) is 0. The van der Waals surface area contributed by atoms with Crippen molar-refractivity contribution in [2.75, 3.05) is 0 Å². The third kappa shape index (κ3) is 2.21. The molecule has 0 aliphatic heterocycles. The molecule has 0 bridgehead atoms. The average molecular weight is 154 g/mol. The first-order chi connectivity index (χ1) is 5.11.